The third-order valence-corrected chi connectivity index (χ3v) is 5.96. The minimum atomic E-state index is -0.693. The van der Waals surface area contributed by atoms with Crippen LogP contribution in [0.25, 0.3) is 0 Å². The van der Waals surface area contributed by atoms with Gasteiger partial charge in [0.05, 0.1) is 5.56 Å². The second-order valence-electron chi connectivity index (χ2n) is 7.05. The Morgan fingerprint density at radius 2 is 2.11 bits per heavy atom. The summed E-state index contributed by atoms with van der Waals surface area (Å²) < 4.78 is 0. The fourth-order valence-electron chi connectivity index (χ4n) is 3.68. The normalized spacial score (nSPS) is 22.7. The van der Waals surface area contributed by atoms with Gasteiger partial charge in [0, 0.05) is 36.7 Å². The van der Waals surface area contributed by atoms with Crippen molar-refractivity contribution in [2.45, 2.75) is 37.9 Å². The SMILES string of the molecule is CC(C(=O)Nc1nccs1)N1CCC2(CCC1=O)NC(=O)c1ccccc1N2. The Hall–Kier alpha value is -2.94. The summed E-state index contributed by atoms with van der Waals surface area (Å²) in [5.41, 5.74) is 0.667. The predicted molar refractivity (Wildman–Crippen MR) is 106 cm³/mol. The maximum atomic E-state index is 12.7. The molecule has 28 heavy (non-hydrogen) atoms. The minimum absolute atomic E-state index is 0.103. The lowest BCUT2D eigenvalue weighted by Gasteiger charge is -2.40. The molecular weight excluding hydrogens is 378 g/mol. The zero-order valence-electron chi connectivity index (χ0n) is 15.4. The fraction of sp³-hybridized carbons (Fsp3) is 0.368. The van der Waals surface area contributed by atoms with Crippen molar-refractivity contribution in [3.8, 4) is 0 Å². The van der Waals surface area contributed by atoms with E-state index in [1.165, 1.54) is 11.3 Å². The van der Waals surface area contributed by atoms with Gasteiger partial charge in [0.15, 0.2) is 5.13 Å². The van der Waals surface area contributed by atoms with Gasteiger partial charge in [-0.1, -0.05) is 12.1 Å². The second-order valence-corrected chi connectivity index (χ2v) is 7.94. The smallest absolute Gasteiger partial charge is 0.255 e. The Morgan fingerprint density at radius 3 is 2.89 bits per heavy atom. The van der Waals surface area contributed by atoms with E-state index in [0.717, 1.165) is 5.69 Å². The molecule has 146 valence electrons. The molecule has 3 heterocycles. The molecule has 4 rings (SSSR count). The van der Waals surface area contributed by atoms with E-state index in [0.29, 0.717) is 30.1 Å². The zero-order valence-corrected chi connectivity index (χ0v) is 16.2. The average molecular weight is 399 g/mol. The Balaban J connectivity index is 1.49. The van der Waals surface area contributed by atoms with Crippen LogP contribution in [0.15, 0.2) is 35.8 Å². The highest BCUT2D eigenvalue weighted by molar-refractivity contribution is 7.13. The fourth-order valence-corrected chi connectivity index (χ4v) is 4.22. The molecular formula is C19H21N5O3S. The number of thiazole rings is 1. The number of amides is 3. The molecule has 2 unspecified atom stereocenters. The summed E-state index contributed by atoms with van der Waals surface area (Å²) in [5.74, 6) is -0.524. The summed E-state index contributed by atoms with van der Waals surface area (Å²) in [4.78, 5) is 43.4. The number of nitrogens with zero attached hydrogens (tertiary/aromatic N) is 2. The van der Waals surface area contributed by atoms with E-state index < -0.39 is 11.7 Å². The number of para-hydroxylation sites is 1. The summed E-state index contributed by atoms with van der Waals surface area (Å²) in [6, 6.07) is 6.70. The first-order chi connectivity index (χ1) is 13.5. The van der Waals surface area contributed by atoms with E-state index in [-0.39, 0.29) is 24.1 Å². The molecule has 1 fully saturated rings. The van der Waals surface area contributed by atoms with Gasteiger partial charge in [-0.15, -0.1) is 11.3 Å². The van der Waals surface area contributed by atoms with Crippen LogP contribution >= 0.6 is 11.3 Å². The molecule has 1 spiro atoms. The number of carbonyl (C=O) groups is 3. The summed E-state index contributed by atoms with van der Waals surface area (Å²) in [6.45, 7) is 2.07. The highest BCUT2D eigenvalue weighted by Gasteiger charge is 2.41. The third-order valence-electron chi connectivity index (χ3n) is 5.27. The van der Waals surface area contributed by atoms with Gasteiger partial charge in [0.1, 0.15) is 11.7 Å². The molecule has 0 saturated carbocycles. The second kappa shape index (κ2) is 7.23. The van der Waals surface area contributed by atoms with Crippen molar-refractivity contribution < 1.29 is 14.4 Å². The molecule has 2 aliphatic rings. The Morgan fingerprint density at radius 1 is 1.29 bits per heavy atom. The van der Waals surface area contributed by atoms with Crippen molar-refractivity contribution in [3.05, 3.63) is 41.4 Å². The van der Waals surface area contributed by atoms with Gasteiger partial charge in [-0.3, -0.25) is 14.4 Å². The largest absolute Gasteiger partial charge is 0.362 e. The Bertz CT molecular complexity index is 916. The summed E-state index contributed by atoms with van der Waals surface area (Å²) >= 11 is 1.33. The van der Waals surface area contributed by atoms with Crippen LogP contribution in [0.3, 0.4) is 0 Å². The summed E-state index contributed by atoms with van der Waals surface area (Å²) in [7, 11) is 0. The first-order valence-corrected chi connectivity index (χ1v) is 10.0. The van der Waals surface area contributed by atoms with Gasteiger partial charge in [0.2, 0.25) is 11.8 Å². The number of benzene rings is 1. The summed E-state index contributed by atoms with van der Waals surface area (Å²) in [5, 5.41) is 11.5. The average Bonchev–Trinajstić information content (AvgIpc) is 3.14. The van der Waals surface area contributed by atoms with Crippen molar-refractivity contribution in [1.82, 2.24) is 15.2 Å². The molecule has 8 nitrogen and oxygen atoms in total. The van der Waals surface area contributed by atoms with E-state index in [9.17, 15) is 14.4 Å². The number of carbonyl (C=O) groups excluding carboxylic acids is 3. The number of hydrogen-bond donors (Lipinski definition) is 3. The lowest BCUT2D eigenvalue weighted by atomic mass is 9.95. The van der Waals surface area contributed by atoms with Gasteiger partial charge in [-0.2, -0.15) is 0 Å². The van der Waals surface area contributed by atoms with Gasteiger partial charge in [-0.05, 0) is 25.5 Å². The predicted octanol–water partition coefficient (Wildman–Crippen LogP) is 2.03. The van der Waals surface area contributed by atoms with E-state index in [4.69, 9.17) is 0 Å². The number of nitrogens with one attached hydrogen (secondary N) is 3. The zero-order chi connectivity index (χ0) is 19.7. The standard InChI is InChI=1S/C19H21N5O3S/c1-12(16(26)21-18-20-9-11-28-18)24-10-8-19(7-6-15(24)25)22-14-5-3-2-4-13(14)17(27)23-19/h2-5,9,11-12,22H,6-8,10H2,1H3,(H,23,27)(H,20,21,26). The van der Waals surface area contributed by atoms with Crippen molar-refractivity contribution in [3.63, 3.8) is 0 Å². The summed E-state index contributed by atoms with van der Waals surface area (Å²) in [6.07, 6.45) is 2.82. The van der Waals surface area contributed by atoms with Gasteiger partial charge < -0.3 is 20.9 Å². The number of fused-ring (bicyclic) bond motifs is 1. The van der Waals surface area contributed by atoms with E-state index in [2.05, 4.69) is 20.9 Å². The number of anilines is 2. The quantitative estimate of drug-likeness (QED) is 0.733. The van der Waals surface area contributed by atoms with Crippen molar-refractivity contribution >= 4 is 39.9 Å². The highest BCUT2D eigenvalue weighted by atomic mass is 32.1. The maximum Gasteiger partial charge on any atom is 0.255 e. The molecule has 0 aliphatic carbocycles. The monoisotopic (exact) mass is 399 g/mol. The van der Waals surface area contributed by atoms with Crippen LogP contribution in [-0.2, 0) is 9.59 Å². The number of aromatic nitrogens is 1. The molecule has 1 aromatic heterocycles. The Kier molecular flexibility index (Phi) is 4.76. The molecule has 0 bridgehead atoms. The topological polar surface area (TPSA) is 103 Å². The molecule has 2 aromatic rings. The molecule has 0 radical (unpaired) electrons. The number of hydrogen-bond acceptors (Lipinski definition) is 6. The molecule has 1 saturated heterocycles. The van der Waals surface area contributed by atoms with Crippen LogP contribution in [0.4, 0.5) is 10.8 Å². The van der Waals surface area contributed by atoms with Crippen LogP contribution in [0.2, 0.25) is 0 Å². The van der Waals surface area contributed by atoms with Crippen molar-refractivity contribution in [2.24, 2.45) is 0 Å². The minimum Gasteiger partial charge on any atom is -0.362 e. The molecule has 2 aliphatic heterocycles. The van der Waals surface area contributed by atoms with E-state index >= 15 is 0 Å². The third kappa shape index (κ3) is 3.45. The van der Waals surface area contributed by atoms with Crippen LogP contribution in [-0.4, -0.2) is 45.9 Å². The van der Waals surface area contributed by atoms with Crippen LogP contribution in [0.1, 0.15) is 36.5 Å². The molecule has 9 heteroatoms. The number of likely N-dealkylation sites (tertiary alicyclic amines) is 1. The molecule has 3 amide bonds. The highest BCUT2D eigenvalue weighted by Crippen LogP contribution is 2.32. The van der Waals surface area contributed by atoms with Crippen molar-refractivity contribution in [1.29, 1.82) is 0 Å². The van der Waals surface area contributed by atoms with E-state index in [1.807, 2.05) is 18.2 Å². The van der Waals surface area contributed by atoms with Crippen molar-refractivity contribution in [2.75, 3.05) is 17.2 Å². The first-order valence-electron chi connectivity index (χ1n) is 9.17. The van der Waals surface area contributed by atoms with Crippen LogP contribution < -0.4 is 16.0 Å². The van der Waals surface area contributed by atoms with Gasteiger partial charge in [-0.25, -0.2) is 4.98 Å². The molecule has 3 N–H and O–H groups in total. The maximum absolute atomic E-state index is 12.7. The Labute approximate surface area is 166 Å². The molecule has 2 atom stereocenters. The van der Waals surface area contributed by atoms with Crippen LogP contribution in [0.5, 0.6) is 0 Å². The van der Waals surface area contributed by atoms with Crippen LogP contribution in [0, 0.1) is 0 Å². The lowest BCUT2D eigenvalue weighted by molar-refractivity contribution is -0.137. The van der Waals surface area contributed by atoms with Gasteiger partial charge >= 0.3 is 0 Å². The van der Waals surface area contributed by atoms with E-state index in [1.54, 1.807) is 29.5 Å². The first kappa shape index (κ1) is 18.4. The van der Waals surface area contributed by atoms with Gasteiger partial charge in [0.25, 0.3) is 5.91 Å². The number of rotatable bonds is 3. The molecule has 1 aromatic carbocycles. The lowest BCUT2D eigenvalue weighted by Crippen LogP contribution is -2.58.